The van der Waals surface area contributed by atoms with Crippen molar-refractivity contribution in [1.29, 1.82) is 0 Å². The van der Waals surface area contributed by atoms with Gasteiger partial charge in [0.2, 0.25) is 0 Å². The molecule has 10 heavy (non-hydrogen) atoms. The number of hydrogen-bond donors (Lipinski definition) is 0. The quantitative estimate of drug-likeness (QED) is 0.492. The van der Waals surface area contributed by atoms with Gasteiger partial charge in [-0.25, -0.2) is 0 Å². The molecular weight excluding hydrogens is 122 g/mol. The first-order valence-corrected chi connectivity index (χ1v) is 4.40. The van der Waals surface area contributed by atoms with Crippen LogP contribution in [0.1, 0.15) is 25.7 Å². The summed E-state index contributed by atoms with van der Waals surface area (Å²) in [6, 6.07) is 0.888. The summed E-state index contributed by atoms with van der Waals surface area (Å²) >= 11 is 0. The van der Waals surface area contributed by atoms with Crippen molar-refractivity contribution >= 4 is 0 Å². The fourth-order valence-corrected chi connectivity index (χ4v) is 2.29. The lowest BCUT2D eigenvalue weighted by atomic mass is 9.95. The average molecular weight is 138 g/mol. The van der Waals surface area contributed by atoms with Crippen LogP contribution in [0, 0.1) is 12.3 Å². The molecule has 0 aromatic heterocycles. The van der Waals surface area contributed by atoms with Crippen molar-refractivity contribution < 1.29 is 0 Å². The van der Waals surface area contributed by atoms with Crippen molar-refractivity contribution in [3.8, 4) is 0 Å². The lowest BCUT2D eigenvalue weighted by Crippen LogP contribution is -2.38. The van der Waals surface area contributed by atoms with E-state index in [9.17, 15) is 0 Å². The Balaban J connectivity index is 2.07. The van der Waals surface area contributed by atoms with Gasteiger partial charge in [0.05, 0.1) is 0 Å². The molecule has 2 heterocycles. The van der Waals surface area contributed by atoms with Gasteiger partial charge in [0.1, 0.15) is 0 Å². The maximum atomic E-state index is 2.54. The van der Waals surface area contributed by atoms with Crippen LogP contribution >= 0.6 is 0 Å². The summed E-state index contributed by atoms with van der Waals surface area (Å²) < 4.78 is 0. The second-order valence-corrected chi connectivity index (χ2v) is 3.76. The number of rotatable bonds is 0. The predicted molar refractivity (Wildman–Crippen MR) is 42.7 cm³/mol. The maximum absolute atomic E-state index is 2.54. The van der Waals surface area contributed by atoms with E-state index in [0.29, 0.717) is 0 Å². The first-order valence-electron chi connectivity index (χ1n) is 4.40. The molecule has 1 heteroatoms. The molecule has 1 saturated carbocycles. The maximum Gasteiger partial charge on any atom is 0.00951 e. The van der Waals surface area contributed by atoms with Crippen molar-refractivity contribution in [3.63, 3.8) is 0 Å². The molecule has 0 spiro atoms. The van der Waals surface area contributed by atoms with Gasteiger partial charge < -0.3 is 4.90 Å². The summed E-state index contributed by atoms with van der Waals surface area (Å²) in [5.41, 5.74) is 0. The molecule has 0 aromatic carbocycles. The molecule has 2 atom stereocenters. The third-order valence-corrected chi connectivity index (χ3v) is 3.00. The van der Waals surface area contributed by atoms with Gasteiger partial charge in [-0.2, -0.15) is 0 Å². The van der Waals surface area contributed by atoms with Crippen LogP contribution in [0.2, 0.25) is 0 Å². The van der Waals surface area contributed by atoms with Gasteiger partial charge in [-0.3, -0.25) is 0 Å². The van der Waals surface area contributed by atoms with Gasteiger partial charge in [-0.05, 0) is 38.6 Å². The fraction of sp³-hybridized carbons (Fsp3) is 0.889. The summed E-state index contributed by atoms with van der Waals surface area (Å²) in [5, 5.41) is 0. The molecule has 3 rings (SSSR count). The first-order chi connectivity index (χ1) is 4.86. The molecule has 2 bridgehead atoms. The molecular formula is C9H16N. The van der Waals surface area contributed by atoms with Crippen LogP contribution in [0.4, 0.5) is 0 Å². The molecule has 1 radical (unpaired) electrons. The number of fused-ring (bicyclic) bond motifs is 4. The van der Waals surface area contributed by atoms with Crippen molar-refractivity contribution in [2.75, 3.05) is 13.6 Å². The zero-order chi connectivity index (χ0) is 6.97. The van der Waals surface area contributed by atoms with Crippen LogP contribution in [0.15, 0.2) is 0 Å². The summed E-state index contributed by atoms with van der Waals surface area (Å²) in [5.74, 6) is 0.920. The van der Waals surface area contributed by atoms with Gasteiger partial charge in [-0.15, -0.1) is 0 Å². The summed E-state index contributed by atoms with van der Waals surface area (Å²) in [7, 11) is 2.27. The second-order valence-electron chi connectivity index (χ2n) is 3.76. The third-order valence-electron chi connectivity index (χ3n) is 3.00. The number of nitrogens with zero attached hydrogens (tertiary/aromatic N) is 1. The van der Waals surface area contributed by atoms with E-state index < -0.39 is 0 Å². The van der Waals surface area contributed by atoms with Crippen LogP contribution < -0.4 is 0 Å². The molecule has 57 valence electrons. The van der Waals surface area contributed by atoms with Crippen LogP contribution in [-0.4, -0.2) is 24.5 Å². The molecule has 1 aliphatic carbocycles. The molecule has 0 amide bonds. The Hall–Kier alpha value is -0.0400. The second kappa shape index (κ2) is 2.54. The van der Waals surface area contributed by atoms with E-state index in [0.717, 1.165) is 12.0 Å². The van der Waals surface area contributed by atoms with E-state index in [2.05, 4.69) is 18.4 Å². The molecule has 1 nitrogen and oxygen atoms in total. The minimum Gasteiger partial charge on any atom is -0.303 e. The molecule has 2 unspecified atom stereocenters. The highest BCUT2D eigenvalue weighted by Crippen LogP contribution is 2.30. The Labute approximate surface area is 63.4 Å². The molecule has 3 fully saturated rings. The van der Waals surface area contributed by atoms with Gasteiger partial charge in [-0.1, -0.05) is 6.42 Å². The smallest absolute Gasteiger partial charge is 0.00951 e. The topological polar surface area (TPSA) is 3.24 Å². The normalized spacial score (nSPS) is 41.7. The van der Waals surface area contributed by atoms with E-state index in [-0.39, 0.29) is 0 Å². The summed E-state index contributed by atoms with van der Waals surface area (Å²) in [6.07, 6.45) is 8.22. The third kappa shape index (κ3) is 1.07. The highest BCUT2D eigenvalue weighted by Gasteiger charge is 2.28. The minimum atomic E-state index is 0.888. The summed E-state index contributed by atoms with van der Waals surface area (Å²) in [4.78, 5) is 2.54. The summed E-state index contributed by atoms with van der Waals surface area (Å²) in [6.45, 7) is 1.32. The van der Waals surface area contributed by atoms with Gasteiger partial charge in [0.25, 0.3) is 0 Å². The monoisotopic (exact) mass is 138 g/mol. The van der Waals surface area contributed by atoms with Crippen LogP contribution in [-0.2, 0) is 0 Å². The van der Waals surface area contributed by atoms with Crippen LogP contribution in [0.3, 0.4) is 0 Å². The predicted octanol–water partition coefficient (Wildman–Crippen LogP) is 1.69. The highest BCUT2D eigenvalue weighted by atomic mass is 15.1. The van der Waals surface area contributed by atoms with Crippen LogP contribution in [0.5, 0.6) is 0 Å². The minimum absolute atomic E-state index is 0.888. The van der Waals surface area contributed by atoms with Crippen molar-refractivity contribution in [2.45, 2.75) is 31.7 Å². The van der Waals surface area contributed by atoms with Gasteiger partial charge in [0.15, 0.2) is 0 Å². The van der Waals surface area contributed by atoms with E-state index in [1.165, 1.54) is 32.2 Å². The Morgan fingerprint density at radius 3 is 3.10 bits per heavy atom. The largest absolute Gasteiger partial charge is 0.303 e. The van der Waals surface area contributed by atoms with Crippen molar-refractivity contribution in [3.05, 3.63) is 6.42 Å². The van der Waals surface area contributed by atoms with Gasteiger partial charge in [0, 0.05) is 12.6 Å². The van der Waals surface area contributed by atoms with E-state index in [4.69, 9.17) is 0 Å². The Morgan fingerprint density at radius 2 is 2.30 bits per heavy atom. The Morgan fingerprint density at radius 1 is 1.40 bits per heavy atom. The lowest BCUT2D eigenvalue weighted by Gasteiger charge is -2.33. The van der Waals surface area contributed by atoms with E-state index in [1.807, 2.05) is 0 Å². The van der Waals surface area contributed by atoms with Crippen molar-refractivity contribution in [1.82, 2.24) is 4.90 Å². The average Bonchev–Trinajstić information content (AvgIpc) is 2.20. The molecule has 2 saturated heterocycles. The van der Waals surface area contributed by atoms with Gasteiger partial charge >= 0.3 is 0 Å². The zero-order valence-corrected chi connectivity index (χ0v) is 6.71. The Kier molecular flexibility index (Phi) is 1.69. The zero-order valence-electron chi connectivity index (χ0n) is 6.71. The van der Waals surface area contributed by atoms with E-state index in [1.54, 1.807) is 0 Å². The Bertz CT molecular complexity index is 118. The number of hydrogen-bond acceptors (Lipinski definition) is 1. The molecule has 3 aliphatic rings. The molecule has 0 N–H and O–H groups in total. The molecule has 0 aromatic rings. The number of piperidine rings is 1. The van der Waals surface area contributed by atoms with Crippen LogP contribution in [0.25, 0.3) is 0 Å². The fourth-order valence-electron chi connectivity index (χ4n) is 2.29. The van der Waals surface area contributed by atoms with Crippen molar-refractivity contribution in [2.24, 2.45) is 5.92 Å². The standard InChI is InChI=1S/C9H16N/c1-10-7-8-3-2-4-9(10)6-5-8/h5,8-9H,2-4,6-7H2,1H3. The first kappa shape index (κ1) is 6.66. The molecule has 2 aliphatic heterocycles. The SMILES string of the molecule is CN1CC2[CH]CC1CCC2. The van der Waals surface area contributed by atoms with E-state index >= 15 is 0 Å². The highest BCUT2D eigenvalue weighted by molar-refractivity contribution is 4.93. The lowest BCUT2D eigenvalue weighted by molar-refractivity contribution is 0.192.